The smallest absolute Gasteiger partial charge is 0.353 e. The molecule has 1 aromatic rings. The second-order valence-electron chi connectivity index (χ2n) is 4.32. The van der Waals surface area contributed by atoms with Crippen molar-refractivity contribution in [3.63, 3.8) is 0 Å². The zero-order valence-electron chi connectivity index (χ0n) is 10.9. The minimum Gasteiger partial charge on any atom is -0.364 e. The van der Waals surface area contributed by atoms with Gasteiger partial charge in [-0.1, -0.05) is 6.92 Å². The third kappa shape index (κ3) is 3.08. The predicted molar refractivity (Wildman–Crippen MR) is 72.5 cm³/mol. The van der Waals surface area contributed by atoms with Crippen LogP contribution in [0.3, 0.4) is 0 Å². The van der Waals surface area contributed by atoms with Crippen LogP contribution in [0.15, 0.2) is 6.33 Å². The number of aromatic nitrogens is 2. The van der Waals surface area contributed by atoms with Crippen molar-refractivity contribution in [3.8, 4) is 0 Å². The molecule has 1 aliphatic heterocycles. The number of hydrogen-bond donors (Lipinski definition) is 2. The van der Waals surface area contributed by atoms with E-state index in [1.54, 1.807) is 0 Å². The van der Waals surface area contributed by atoms with Crippen molar-refractivity contribution in [3.05, 3.63) is 16.4 Å². The second-order valence-corrected chi connectivity index (χ2v) is 4.32. The van der Waals surface area contributed by atoms with Gasteiger partial charge in [0, 0.05) is 32.7 Å². The highest BCUT2D eigenvalue weighted by Gasteiger charge is 2.27. The summed E-state index contributed by atoms with van der Waals surface area (Å²) < 4.78 is 0. The molecule has 19 heavy (non-hydrogen) atoms. The van der Waals surface area contributed by atoms with E-state index in [-0.39, 0.29) is 5.69 Å². The minimum atomic E-state index is -0.407. The Morgan fingerprint density at radius 1 is 1.47 bits per heavy atom. The Labute approximate surface area is 111 Å². The molecule has 0 radical (unpaired) electrons. The summed E-state index contributed by atoms with van der Waals surface area (Å²) in [6.07, 6.45) is 2.26. The third-order valence-electron chi connectivity index (χ3n) is 2.94. The van der Waals surface area contributed by atoms with Crippen molar-refractivity contribution in [1.82, 2.24) is 15.3 Å². The highest BCUT2D eigenvalue weighted by atomic mass is 16.6. The number of nitro groups is 1. The Kier molecular flexibility index (Phi) is 4.45. The van der Waals surface area contributed by atoms with Crippen LogP contribution in [0.5, 0.6) is 0 Å². The molecule has 0 unspecified atom stereocenters. The molecule has 8 heteroatoms. The van der Waals surface area contributed by atoms with Crippen molar-refractivity contribution in [2.45, 2.75) is 13.3 Å². The first-order valence-electron chi connectivity index (χ1n) is 6.43. The zero-order valence-corrected chi connectivity index (χ0v) is 10.9. The summed E-state index contributed by atoms with van der Waals surface area (Å²) in [5, 5.41) is 17.5. The van der Waals surface area contributed by atoms with Crippen LogP contribution in [0.25, 0.3) is 0 Å². The lowest BCUT2D eigenvalue weighted by Crippen LogP contribution is -2.44. The van der Waals surface area contributed by atoms with E-state index in [1.165, 1.54) is 6.33 Å². The van der Waals surface area contributed by atoms with Gasteiger partial charge in [-0.2, -0.15) is 0 Å². The van der Waals surface area contributed by atoms with E-state index in [0.29, 0.717) is 31.3 Å². The normalized spacial score (nSPS) is 15.3. The number of rotatable bonds is 5. The zero-order chi connectivity index (χ0) is 13.7. The summed E-state index contributed by atoms with van der Waals surface area (Å²) in [4.78, 5) is 20.9. The van der Waals surface area contributed by atoms with E-state index in [0.717, 1.165) is 19.5 Å². The predicted octanol–water partition coefficient (Wildman–Crippen LogP) is 0.616. The van der Waals surface area contributed by atoms with E-state index >= 15 is 0 Å². The molecule has 0 aliphatic carbocycles. The lowest BCUT2D eigenvalue weighted by atomic mass is 10.3. The van der Waals surface area contributed by atoms with Gasteiger partial charge < -0.3 is 15.5 Å². The summed E-state index contributed by atoms with van der Waals surface area (Å²) in [6, 6.07) is 0. The Hall–Kier alpha value is -1.96. The van der Waals surface area contributed by atoms with Gasteiger partial charge in [0.1, 0.15) is 6.33 Å². The molecule has 0 amide bonds. The summed E-state index contributed by atoms with van der Waals surface area (Å²) in [7, 11) is 0. The largest absolute Gasteiger partial charge is 0.364 e. The van der Waals surface area contributed by atoms with Gasteiger partial charge in [-0.15, -0.1) is 0 Å². The maximum Gasteiger partial charge on any atom is 0.353 e. The fourth-order valence-electron chi connectivity index (χ4n) is 2.02. The molecule has 1 aromatic heterocycles. The van der Waals surface area contributed by atoms with E-state index in [4.69, 9.17) is 0 Å². The first kappa shape index (κ1) is 13.5. The molecule has 0 aromatic carbocycles. The standard InChI is InChI=1S/C11H18N6O2/c1-2-3-13-10-9(17(18)19)11(15-8-14-10)16-6-4-12-5-7-16/h8,12H,2-7H2,1H3,(H,13,14,15). The van der Waals surface area contributed by atoms with Gasteiger partial charge in [-0.25, -0.2) is 9.97 Å². The molecule has 2 N–H and O–H groups in total. The highest BCUT2D eigenvalue weighted by molar-refractivity contribution is 5.70. The van der Waals surface area contributed by atoms with Gasteiger partial charge in [0.05, 0.1) is 4.92 Å². The molecule has 1 fully saturated rings. The van der Waals surface area contributed by atoms with Crippen LogP contribution in [0.4, 0.5) is 17.3 Å². The van der Waals surface area contributed by atoms with Crippen LogP contribution in [-0.2, 0) is 0 Å². The van der Waals surface area contributed by atoms with Crippen LogP contribution < -0.4 is 15.5 Å². The molecule has 0 atom stereocenters. The average molecular weight is 266 g/mol. The molecule has 0 saturated carbocycles. The molecule has 8 nitrogen and oxygen atoms in total. The van der Waals surface area contributed by atoms with Crippen LogP contribution in [-0.4, -0.2) is 47.6 Å². The fourth-order valence-corrected chi connectivity index (χ4v) is 2.02. The lowest BCUT2D eigenvalue weighted by Gasteiger charge is -2.28. The molecular weight excluding hydrogens is 248 g/mol. The Bertz CT molecular complexity index is 447. The molecule has 0 bridgehead atoms. The molecule has 104 valence electrons. The van der Waals surface area contributed by atoms with Gasteiger partial charge in [-0.05, 0) is 6.42 Å². The Morgan fingerprint density at radius 2 is 2.21 bits per heavy atom. The first-order chi connectivity index (χ1) is 9.24. The Morgan fingerprint density at radius 3 is 2.84 bits per heavy atom. The summed E-state index contributed by atoms with van der Waals surface area (Å²) >= 11 is 0. The van der Waals surface area contributed by atoms with Crippen LogP contribution in [0, 0.1) is 10.1 Å². The number of piperazine rings is 1. The number of nitrogens with one attached hydrogen (secondary N) is 2. The number of anilines is 2. The SMILES string of the molecule is CCCNc1ncnc(N2CCNCC2)c1[N+](=O)[O-]. The monoisotopic (exact) mass is 266 g/mol. The molecule has 0 spiro atoms. The summed E-state index contributed by atoms with van der Waals surface area (Å²) in [6.45, 7) is 5.68. The topological polar surface area (TPSA) is 96.2 Å². The van der Waals surface area contributed by atoms with Gasteiger partial charge in [0.15, 0.2) is 0 Å². The van der Waals surface area contributed by atoms with Crippen molar-refractivity contribution in [2.24, 2.45) is 0 Å². The molecule has 2 rings (SSSR count). The molecule has 1 aliphatic rings. The quantitative estimate of drug-likeness (QED) is 0.595. The van der Waals surface area contributed by atoms with Crippen molar-refractivity contribution < 1.29 is 4.92 Å². The Balaban J connectivity index is 2.32. The fraction of sp³-hybridized carbons (Fsp3) is 0.636. The molecule has 2 heterocycles. The van der Waals surface area contributed by atoms with Crippen molar-refractivity contribution in [1.29, 1.82) is 0 Å². The summed E-state index contributed by atoms with van der Waals surface area (Å²) in [5.41, 5.74) is -0.0298. The van der Waals surface area contributed by atoms with Gasteiger partial charge in [-0.3, -0.25) is 10.1 Å². The van der Waals surface area contributed by atoms with Crippen LogP contribution in [0.2, 0.25) is 0 Å². The maximum atomic E-state index is 11.3. The van der Waals surface area contributed by atoms with E-state index in [1.807, 2.05) is 11.8 Å². The second kappa shape index (κ2) is 6.28. The van der Waals surface area contributed by atoms with E-state index in [9.17, 15) is 10.1 Å². The number of nitrogens with zero attached hydrogens (tertiary/aromatic N) is 4. The maximum absolute atomic E-state index is 11.3. The van der Waals surface area contributed by atoms with E-state index < -0.39 is 4.92 Å². The summed E-state index contributed by atoms with van der Waals surface area (Å²) in [5.74, 6) is 0.704. The van der Waals surface area contributed by atoms with Gasteiger partial charge in [0.25, 0.3) is 0 Å². The average Bonchev–Trinajstić information content (AvgIpc) is 2.45. The molecular formula is C11H18N6O2. The first-order valence-corrected chi connectivity index (χ1v) is 6.43. The van der Waals surface area contributed by atoms with E-state index in [2.05, 4.69) is 20.6 Å². The third-order valence-corrected chi connectivity index (χ3v) is 2.94. The lowest BCUT2D eigenvalue weighted by molar-refractivity contribution is -0.383. The van der Waals surface area contributed by atoms with Crippen LogP contribution in [0.1, 0.15) is 13.3 Å². The van der Waals surface area contributed by atoms with Crippen molar-refractivity contribution >= 4 is 17.3 Å². The van der Waals surface area contributed by atoms with Crippen molar-refractivity contribution in [2.75, 3.05) is 42.9 Å². The van der Waals surface area contributed by atoms with Gasteiger partial charge in [0.2, 0.25) is 11.6 Å². The molecule has 1 saturated heterocycles. The van der Waals surface area contributed by atoms with Crippen LogP contribution >= 0.6 is 0 Å². The van der Waals surface area contributed by atoms with Gasteiger partial charge >= 0.3 is 5.69 Å². The minimum absolute atomic E-state index is 0.0298. The highest BCUT2D eigenvalue weighted by Crippen LogP contribution is 2.31. The number of hydrogen-bond acceptors (Lipinski definition) is 7.